The van der Waals surface area contributed by atoms with Gasteiger partial charge >= 0.3 is 11.9 Å². The third kappa shape index (κ3) is 13.2. The molecule has 2 aliphatic heterocycles. The van der Waals surface area contributed by atoms with Gasteiger partial charge in [0, 0.05) is 28.2 Å². The first-order valence-corrected chi connectivity index (χ1v) is 25.1. The second kappa shape index (κ2) is 24.9. The van der Waals surface area contributed by atoms with E-state index in [-0.39, 0.29) is 37.1 Å². The molecule has 76 heavy (non-hydrogen) atoms. The number of ether oxygens (including phenoxy) is 2. The Morgan fingerprint density at radius 3 is 1.22 bits per heavy atom. The van der Waals surface area contributed by atoms with Gasteiger partial charge in [-0.1, -0.05) is 64.8 Å². The molecule has 24 heteroatoms. The van der Waals surface area contributed by atoms with Gasteiger partial charge in [-0.2, -0.15) is 0 Å². The minimum absolute atomic E-state index is 0.0367. The quantitative estimate of drug-likeness (QED) is 0.194. The van der Waals surface area contributed by atoms with Crippen molar-refractivity contribution in [1.29, 1.82) is 0 Å². The van der Waals surface area contributed by atoms with Crippen LogP contribution in [0.4, 0.5) is 0 Å². The van der Waals surface area contributed by atoms with Gasteiger partial charge in [-0.15, -0.1) is 0 Å². The lowest BCUT2D eigenvalue weighted by Crippen LogP contribution is -2.60. The Morgan fingerprint density at radius 2 is 0.882 bits per heavy atom. The van der Waals surface area contributed by atoms with Crippen LogP contribution in [0, 0.1) is 11.8 Å². The zero-order chi connectivity index (χ0) is 55.7. The lowest BCUT2D eigenvalue weighted by Gasteiger charge is -2.38. The molecule has 2 aliphatic rings. The molecule has 0 unspecified atom stereocenters. The van der Waals surface area contributed by atoms with Crippen LogP contribution in [0.3, 0.4) is 0 Å². The van der Waals surface area contributed by atoms with Crippen LogP contribution in [-0.2, 0) is 47.8 Å². The van der Waals surface area contributed by atoms with Crippen molar-refractivity contribution in [2.75, 3.05) is 41.4 Å². The van der Waals surface area contributed by atoms with Crippen molar-refractivity contribution >= 4 is 81.3 Å². The summed E-state index contributed by atoms with van der Waals surface area (Å²) in [6.07, 6.45) is 2.68. The van der Waals surface area contributed by atoms with E-state index in [4.69, 9.17) is 9.47 Å². The smallest absolute Gasteiger partial charge is 0.329 e. The molecule has 406 valence electrons. The molecule has 0 spiro atoms. The summed E-state index contributed by atoms with van der Waals surface area (Å²) in [5.74, 6) is -9.75. The number of fused-ring (bicyclic) bond motifs is 7. The summed E-state index contributed by atoms with van der Waals surface area (Å²) in [6.45, 7) is 7.79. The van der Waals surface area contributed by atoms with Crippen LogP contribution in [0.25, 0.3) is 22.1 Å². The number of cyclic esters (lactones) is 2. The average Bonchev–Trinajstić information content (AvgIpc) is 3.39. The number of nitrogens with one attached hydrogen (secondary N) is 4. The lowest BCUT2D eigenvalue weighted by molar-refractivity contribution is -0.161. The highest BCUT2D eigenvalue weighted by Crippen LogP contribution is 2.23. The third-order valence-corrected chi connectivity index (χ3v) is 13.5. The number of esters is 2. The molecule has 8 amide bonds. The van der Waals surface area contributed by atoms with E-state index >= 15 is 0 Å². The molecule has 4 aromatic rings. The second-order valence-corrected chi connectivity index (χ2v) is 19.8. The van der Waals surface area contributed by atoms with Crippen molar-refractivity contribution in [3.63, 3.8) is 0 Å². The van der Waals surface area contributed by atoms with Crippen molar-refractivity contribution in [2.24, 2.45) is 11.8 Å². The molecule has 2 saturated heterocycles. The van der Waals surface area contributed by atoms with Crippen molar-refractivity contribution in [3.05, 3.63) is 72.3 Å². The first-order chi connectivity index (χ1) is 36.0. The molecule has 8 atom stereocenters. The normalized spacial score (nSPS) is 24.7. The molecule has 0 saturated carbocycles. The molecular formula is C52H66N12O12. The molecule has 0 radical (unpaired) electrons. The summed E-state index contributed by atoms with van der Waals surface area (Å²) < 4.78 is 11.4. The Balaban J connectivity index is 1.39. The van der Waals surface area contributed by atoms with Crippen molar-refractivity contribution in [3.8, 4) is 0 Å². The number of likely N-dealkylation sites (N-methyl/N-ethyl adjacent to an activating group) is 4. The summed E-state index contributed by atoms with van der Waals surface area (Å²) in [4.78, 5) is 164. The summed E-state index contributed by atoms with van der Waals surface area (Å²) in [5, 5.41) is 10.2. The fourth-order valence-electron chi connectivity index (χ4n) is 9.27. The fourth-order valence-corrected chi connectivity index (χ4v) is 9.27. The Bertz CT molecular complexity index is 2690. The number of carbonyl (C=O) groups excluding carboxylic acids is 10. The van der Waals surface area contributed by atoms with E-state index in [1.54, 1.807) is 76.2 Å². The molecule has 2 aromatic carbocycles. The first kappa shape index (κ1) is 57.1. The minimum atomic E-state index is -1.65. The second-order valence-electron chi connectivity index (χ2n) is 19.8. The number of aromatic nitrogens is 4. The van der Waals surface area contributed by atoms with E-state index in [1.807, 2.05) is 0 Å². The zero-order valence-electron chi connectivity index (χ0n) is 44.3. The SMILES string of the molecule is CC(C)[C@H]1C(=O)OC[C@@H](NC(=O)c2cnc3ccccc3n2)C(=O)N[C@@H](C)C(=O)N(C)[C@H]2CCCC[C@@H](C(=O)N1C)N(C)C(=O)[C@H](C)NC(=O)[C@H](NC(=O)c1cnc3ccccc3n1)COC(=O)[C@H](C(C)C)N(C)C2=O. The van der Waals surface area contributed by atoms with Crippen LogP contribution < -0.4 is 21.3 Å². The third-order valence-electron chi connectivity index (χ3n) is 13.5. The predicted octanol–water partition coefficient (Wildman–Crippen LogP) is 0.773. The number of amides is 8. The van der Waals surface area contributed by atoms with E-state index in [0.717, 1.165) is 19.6 Å². The Labute approximate surface area is 439 Å². The molecule has 6 rings (SSSR count). The summed E-state index contributed by atoms with van der Waals surface area (Å²) >= 11 is 0. The first-order valence-electron chi connectivity index (χ1n) is 25.1. The van der Waals surface area contributed by atoms with Crippen LogP contribution in [0.5, 0.6) is 0 Å². The molecule has 2 fully saturated rings. The molecular weight excluding hydrogens is 985 g/mol. The molecule has 4 heterocycles. The Morgan fingerprint density at radius 1 is 0.539 bits per heavy atom. The fraction of sp³-hybridized carbons (Fsp3) is 0.500. The van der Waals surface area contributed by atoms with E-state index in [0.29, 0.717) is 22.1 Å². The maximum Gasteiger partial charge on any atom is 0.329 e. The Kier molecular flexibility index (Phi) is 18.7. The minimum Gasteiger partial charge on any atom is -0.461 e. The van der Waals surface area contributed by atoms with Gasteiger partial charge in [-0.3, -0.25) is 48.3 Å². The van der Waals surface area contributed by atoms with E-state index < -0.39 is 133 Å². The predicted molar refractivity (Wildman–Crippen MR) is 273 cm³/mol. The van der Waals surface area contributed by atoms with Gasteiger partial charge in [-0.25, -0.2) is 19.6 Å². The van der Waals surface area contributed by atoms with Gasteiger partial charge in [0.2, 0.25) is 35.4 Å². The summed E-state index contributed by atoms with van der Waals surface area (Å²) in [5.41, 5.74) is 1.41. The zero-order valence-corrected chi connectivity index (χ0v) is 44.3. The van der Waals surface area contributed by atoms with Gasteiger partial charge in [0.25, 0.3) is 11.8 Å². The van der Waals surface area contributed by atoms with Crippen LogP contribution in [0.1, 0.15) is 88.2 Å². The Hall–Kier alpha value is -8.18. The van der Waals surface area contributed by atoms with E-state index in [1.165, 1.54) is 54.4 Å². The van der Waals surface area contributed by atoms with Gasteiger partial charge < -0.3 is 50.3 Å². The highest BCUT2D eigenvalue weighted by Gasteiger charge is 2.42. The molecule has 24 nitrogen and oxygen atoms in total. The van der Waals surface area contributed by atoms with Gasteiger partial charge in [0.1, 0.15) is 72.9 Å². The molecule has 2 aromatic heterocycles. The molecule has 4 N–H and O–H groups in total. The van der Waals surface area contributed by atoms with E-state index in [9.17, 15) is 47.9 Å². The largest absolute Gasteiger partial charge is 0.461 e. The number of benzene rings is 2. The summed E-state index contributed by atoms with van der Waals surface area (Å²) in [7, 11) is 5.42. The van der Waals surface area contributed by atoms with Gasteiger partial charge in [0.15, 0.2) is 0 Å². The van der Waals surface area contributed by atoms with Gasteiger partial charge in [-0.05, 0) is 62.8 Å². The number of hydrogen-bond acceptors (Lipinski definition) is 16. The molecule has 0 aliphatic carbocycles. The number of hydrogen-bond donors (Lipinski definition) is 4. The summed E-state index contributed by atoms with van der Waals surface area (Å²) in [6, 6.07) is 2.32. The number of rotatable bonds is 6. The average molecular weight is 1050 g/mol. The van der Waals surface area contributed by atoms with Crippen molar-refractivity contribution < 1.29 is 57.4 Å². The lowest BCUT2D eigenvalue weighted by atomic mass is 9.97. The van der Waals surface area contributed by atoms with Crippen LogP contribution in [-0.4, -0.2) is 188 Å². The van der Waals surface area contributed by atoms with Crippen LogP contribution in [0.2, 0.25) is 0 Å². The monoisotopic (exact) mass is 1050 g/mol. The maximum absolute atomic E-state index is 14.8. The standard InChI is InChI=1S/C52H66N12O12/c1-27(2)41-51(73)75-25-37(59-43(65)35-23-53-31-17-11-13-19-33(31)57-35)45(67)55-30(6)48(70)62(8)40-22-16-15-21-39(49(71)63(41)9)61(7)47(69)29(5)56-46(68)38(26-76-52(74)42(28(3)4)64(10)50(40)72)60-44(66)36-24-54-32-18-12-14-20-34(32)58-36/h11-14,17-20,23-24,27-30,37-42H,15-16,21-22,25-26H2,1-10H3,(H,55,67)(H,56,68)(H,59,65)(H,60,66)/t29-,30-,37+,38+,39-,40-,41-,42-/m0/s1. The number of para-hydroxylation sites is 4. The van der Waals surface area contributed by atoms with Crippen molar-refractivity contribution in [2.45, 2.75) is 116 Å². The number of carbonyl (C=O) groups is 10. The highest BCUT2D eigenvalue weighted by atomic mass is 16.5. The van der Waals surface area contributed by atoms with E-state index in [2.05, 4.69) is 41.2 Å². The topological polar surface area (TPSA) is 302 Å². The number of nitrogens with zero attached hydrogens (tertiary/aromatic N) is 8. The van der Waals surface area contributed by atoms with Gasteiger partial charge in [0.05, 0.1) is 34.5 Å². The molecule has 2 bridgehead atoms. The van der Waals surface area contributed by atoms with Crippen LogP contribution in [0.15, 0.2) is 60.9 Å². The van der Waals surface area contributed by atoms with Crippen molar-refractivity contribution in [1.82, 2.24) is 60.8 Å². The van der Waals surface area contributed by atoms with Crippen LogP contribution >= 0.6 is 0 Å². The maximum atomic E-state index is 14.8. The highest BCUT2D eigenvalue weighted by molar-refractivity contribution is 6.00.